The molecule has 1 atom stereocenters. The summed E-state index contributed by atoms with van der Waals surface area (Å²) in [5.41, 5.74) is 0.453. The fourth-order valence-corrected chi connectivity index (χ4v) is 4.59. The molecule has 0 amide bonds. The second kappa shape index (κ2) is 9.66. The Balaban J connectivity index is 1.54. The molecule has 5 rings (SSSR count). The molecule has 4 heterocycles. The number of hydrogen-bond acceptors (Lipinski definition) is 7. The molecular formula is C24H27F4N7O. The summed E-state index contributed by atoms with van der Waals surface area (Å²) in [6.45, 7) is 3.77. The third-order valence-corrected chi connectivity index (χ3v) is 6.67. The minimum Gasteiger partial charge on any atom is -0.378 e. The Kier molecular flexibility index (Phi) is 6.56. The second-order valence-corrected chi connectivity index (χ2v) is 9.19. The van der Waals surface area contributed by atoms with Crippen molar-refractivity contribution in [1.29, 1.82) is 0 Å². The molecule has 0 N–H and O–H groups in total. The number of morpholine rings is 1. The van der Waals surface area contributed by atoms with Gasteiger partial charge in [-0.2, -0.15) is 18.3 Å². The maximum absolute atomic E-state index is 15.5. The summed E-state index contributed by atoms with van der Waals surface area (Å²) in [5, 5.41) is 3.76. The van der Waals surface area contributed by atoms with E-state index in [9.17, 15) is 13.2 Å². The average Bonchev–Trinajstić information content (AvgIpc) is 3.55. The number of alkyl halides is 3. The molecule has 2 saturated heterocycles. The summed E-state index contributed by atoms with van der Waals surface area (Å²) in [6, 6.07) is 4.06. The highest BCUT2D eigenvalue weighted by Crippen LogP contribution is 2.36. The van der Waals surface area contributed by atoms with Crippen molar-refractivity contribution in [1.82, 2.24) is 24.6 Å². The molecule has 0 spiro atoms. The lowest BCUT2D eigenvalue weighted by atomic mass is 10.1. The smallest absolute Gasteiger partial charge is 0.378 e. The standard InChI is InChI=1S/C24H27F4N7O/c1-32(2)17-3-5-34(15-17)20-12-19(25)18(11-21(20)35-6-4-22(31-35)24(26,27)28)16-13-29-23(30-14-16)33-7-9-36-10-8-33/h4,6,11-14,17H,3,5,7-10,15H2,1-2H3/t17-/m1/s1. The molecule has 3 aromatic rings. The molecule has 0 saturated carbocycles. The van der Waals surface area contributed by atoms with E-state index in [2.05, 4.69) is 20.0 Å². The maximum Gasteiger partial charge on any atom is 0.435 e. The molecule has 8 nitrogen and oxygen atoms in total. The SMILES string of the molecule is CN(C)[C@@H]1CCN(c2cc(F)c(-c3cnc(N4CCOCC4)nc3)cc2-n2ccc(C(F)(F)F)n2)C1. The number of benzene rings is 1. The number of hydrogen-bond donors (Lipinski definition) is 0. The van der Waals surface area contributed by atoms with E-state index in [1.165, 1.54) is 30.7 Å². The predicted molar refractivity (Wildman–Crippen MR) is 127 cm³/mol. The summed E-state index contributed by atoms with van der Waals surface area (Å²) in [7, 11) is 3.95. The van der Waals surface area contributed by atoms with Crippen molar-refractivity contribution in [3.05, 3.63) is 48.3 Å². The zero-order valence-corrected chi connectivity index (χ0v) is 20.0. The van der Waals surface area contributed by atoms with Gasteiger partial charge in [0.2, 0.25) is 5.95 Å². The van der Waals surface area contributed by atoms with Gasteiger partial charge in [-0.25, -0.2) is 19.0 Å². The van der Waals surface area contributed by atoms with Crippen LogP contribution in [0, 0.1) is 5.82 Å². The van der Waals surface area contributed by atoms with E-state index in [1.54, 1.807) is 0 Å². The van der Waals surface area contributed by atoms with Crippen molar-refractivity contribution < 1.29 is 22.3 Å². The number of halogens is 4. The first-order valence-corrected chi connectivity index (χ1v) is 11.7. The highest BCUT2D eigenvalue weighted by atomic mass is 19.4. The van der Waals surface area contributed by atoms with Crippen molar-refractivity contribution in [3.8, 4) is 16.8 Å². The van der Waals surface area contributed by atoms with Crippen LogP contribution in [0.5, 0.6) is 0 Å². The number of ether oxygens (including phenoxy) is 1. The molecular weight excluding hydrogens is 478 g/mol. The van der Waals surface area contributed by atoms with Crippen molar-refractivity contribution in [2.45, 2.75) is 18.6 Å². The van der Waals surface area contributed by atoms with Crippen LogP contribution in [0.3, 0.4) is 0 Å². The van der Waals surface area contributed by atoms with Crippen molar-refractivity contribution in [2.75, 3.05) is 63.3 Å². The maximum atomic E-state index is 15.5. The summed E-state index contributed by atoms with van der Waals surface area (Å²) >= 11 is 0. The number of anilines is 2. The van der Waals surface area contributed by atoms with Gasteiger partial charge in [-0.3, -0.25) is 0 Å². The van der Waals surface area contributed by atoms with Gasteiger partial charge in [0.05, 0.1) is 24.6 Å². The van der Waals surface area contributed by atoms with Crippen LogP contribution in [0.2, 0.25) is 0 Å². The molecule has 0 bridgehead atoms. The van der Waals surface area contributed by atoms with Gasteiger partial charge in [-0.15, -0.1) is 0 Å². The molecule has 2 aromatic heterocycles. The van der Waals surface area contributed by atoms with E-state index in [0.717, 1.165) is 17.2 Å². The molecule has 0 aliphatic carbocycles. The fourth-order valence-electron chi connectivity index (χ4n) is 4.59. The zero-order chi connectivity index (χ0) is 25.4. The molecule has 2 aliphatic rings. The summed E-state index contributed by atoms with van der Waals surface area (Å²) in [5.74, 6) is 0.0148. The normalized spacial score (nSPS) is 18.9. The number of likely N-dealkylation sites (N-methyl/N-ethyl adjacent to an activating group) is 1. The van der Waals surface area contributed by atoms with Gasteiger partial charge < -0.3 is 19.4 Å². The van der Waals surface area contributed by atoms with E-state index < -0.39 is 17.7 Å². The number of aromatic nitrogens is 4. The van der Waals surface area contributed by atoms with Gasteiger partial charge in [0.15, 0.2) is 5.69 Å². The largest absolute Gasteiger partial charge is 0.435 e. The van der Waals surface area contributed by atoms with Gasteiger partial charge in [0, 0.05) is 68.0 Å². The van der Waals surface area contributed by atoms with Gasteiger partial charge in [-0.1, -0.05) is 0 Å². The monoisotopic (exact) mass is 505 g/mol. The van der Waals surface area contributed by atoms with Crippen LogP contribution in [0.4, 0.5) is 29.2 Å². The predicted octanol–water partition coefficient (Wildman–Crippen LogP) is 3.46. The third-order valence-electron chi connectivity index (χ3n) is 6.67. The lowest BCUT2D eigenvalue weighted by Crippen LogP contribution is -2.37. The Morgan fingerprint density at radius 1 is 1.00 bits per heavy atom. The lowest BCUT2D eigenvalue weighted by Gasteiger charge is -2.26. The molecule has 36 heavy (non-hydrogen) atoms. The van der Waals surface area contributed by atoms with Gasteiger partial charge >= 0.3 is 6.18 Å². The molecule has 12 heteroatoms. The molecule has 0 radical (unpaired) electrons. The van der Waals surface area contributed by atoms with Crippen molar-refractivity contribution >= 4 is 11.6 Å². The first-order valence-electron chi connectivity index (χ1n) is 11.7. The third kappa shape index (κ3) is 4.87. The van der Waals surface area contributed by atoms with Crippen LogP contribution in [-0.2, 0) is 10.9 Å². The molecule has 2 fully saturated rings. The molecule has 2 aliphatic heterocycles. The average molecular weight is 506 g/mol. The first-order chi connectivity index (χ1) is 17.2. The minimum atomic E-state index is -4.58. The molecule has 1 aromatic carbocycles. The van der Waals surface area contributed by atoms with E-state index in [-0.39, 0.29) is 11.6 Å². The van der Waals surface area contributed by atoms with E-state index >= 15 is 4.39 Å². The Labute approximate surface area is 206 Å². The van der Waals surface area contributed by atoms with Crippen LogP contribution >= 0.6 is 0 Å². The van der Waals surface area contributed by atoms with Gasteiger partial charge in [0.25, 0.3) is 0 Å². The lowest BCUT2D eigenvalue weighted by molar-refractivity contribution is -0.141. The summed E-state index contributed by atoms with van der Waals surface area (Å²) < 4.78 is 61.8. The van der Waals surface area contributed by atoms with E-state index in [0.29, 0.717) is 62.3 Å². The molecule has 0 unspecified atom stereocenters. The van der Waals surface area contributed by atoms with Gasteiger partial charge in [0.1, 0.15) is 5.82 Å². The number of rotatable bonds is 5. The van der Waals surface area contributed by atoms with Crippen molar-refractivity contribution in [2.24, 2.45) is 0 Å². The van der Waals surface area contributed by atoms with Gasteiger partial charge in [-0.05, 0) is 32.6 Å². The van der Waals surface area contributed by atoms with E-state index in [4.69, 9.17) is 4.74 Å². The quantitative estimate of drug-likeness (QED) is 0.492. The van der Waals surface area contributed by atoms with Crippen LogP contribution < -0.4 is 9.80 Å². The highest BCUT2D eigenvalue weighted by molar-refractivity contribution is 5.74. The Morgan fingerprint density at radius 2 is 1.72 bits per heavy atom. The second-order valence-electron chi connectivity index (χ2n) is 9.19. The van der Waals surface area contributed by atoms with Crippen LogP contribution in [0.1, 0.15) is 12.1 Å². The summed E-state index contributed by atoms with van der Waals surface area (Å²) in [6.07, 6.45) is 0.588. The topological polar surface area (TPSA) is 62.6 Å². The zero-order valence-electron chi connectivity index (χ0n) is 20.0. The summed E-state index contributed by atoms with van der Waals surface area (Å²) in [4.78, 5) is 14.8. The van der Waals surface area contributed by atoms with Crippen LogP contribution in [-0.4, -0.2) is 84.2 Å². The molecule has 192 valence electrons. The van der Waals surface area contributed by atoms with E-state index in [1.807, 2.05) is 23.9 Å². The van der Waals surface area contributed by atoms with Crippen LogP contribution in [0.15, 0.2) is 36.8 Å². The number of nitrogens with zero attached hydrogens (tertiary/aromatic N) is 7. The fraction of sp³-hybridized carbons (Fsp3) is 0.458. The van der Waals surface area contributed by atoms with Crippen molar-refractivity contribution in [3.63, 3.8) is 0 Å². The highest BCUT2D eigenvalue weighted by Gasteiger charge is 2.34. The Bertz CT molecular complexity index is 1210. The first kappa shape index (κ1) is 24.4. The Hall–Kier alpha value is -3.25. The minimum absolute atomic E-state index is 0.190. The van der Waals surface area contributed by atoms with Crippen LogP contribution in [0.25, 0.3) is 16.8 Å². The Morgan fingerprint density at radius 3 is 2.33 bits per heavy atom.